The van der Waals surface area contributed by atoms with Crippen molar-refractivity contribution in [1.29, 1.82) is 0 Å². The van der Waals surface area contributed by atoms with E-state index in [1.165, 1.54) is 12.0 Å². The Labute approximate surface area is 205 Å². The third-order valence-electron chi connectivity index (χ3n) is 7.26. The highest BCUT2D eigenvalue weighted by molar-refractivity contribution is 5.90. The van der Waals surface area contributed by atoms with Crippen LogP contribution in [0.4, 0.5) is 4.79 Å². The van der Waals surface area contributed by atoms with Crippen molar-refractivity contribution >= 4 is 18.0 Å². The number of nitrogens with zero attached hydrogens (tertiary/aromatic N) is 1. The van der Waals surface area contributed by atoms with E-state index in [2.05, 4.69) is 17.4 Å². The summed E-state index contributed by atoms with van der Waals surface area (Å²) in [6.07, 6.45) is -0.207. The largest absolute Gasteiger partial charge is 0.480 e. The van der Waals surface area contributed by atoms with Crippen LogP contribution in [0.25, 0.3) is 11.1 Å². The number of carbonyl (C=O) groups excluding carboxylic acids is 2. The second-order valence-corrected chi connectivity index (χ2v) is 9.27. The van der Waals surface area contributed by atoms with Crippen molar-refractivity contribution in [3.05, 3.63) is 59.7 Å². The third-order valence-corrected chi connectivity index (χ3v) is 7.26. The number of likely N-dealkylation sites (tertiary alicyclic amines) is 1. The number of carboxylic acid groups (broad SMARTS) is 1. The van der Waals surface area contributed by atoms with Crippen molar-refractivity contribution in [3.8, 4) is 11.1 Å². The Morgan fingerprint density at radius 3 is 2.23 bits per heavy atom. The predicted octanol–water partition coefficient (Wildman–Crippen LogP) is 3.64. The number of methoxy groups -OCH3 is 1. The first-order valence-electron chi connectivity index (χ1n) is 12.0. The first kappa shape index (κ1) is 24.7. The van der Waals surface area contributed by atoms with Crippen molar-refractivity contribution in [1.82, 2.24) is 10.2 Å². The zero-order valence-electron chi connectivity index (χ0n) is 20.3. The number of aliphatic carboxylic acids is 1. The second-order valence-electron chi connectivity index (χ2n) is 9.27. The molecule has 35 heavy (non-hydrogen) atoms. The average molecular weight is 481 g/mol. The van der Waals surface area contributed by atoms with Gasteiger partial charge >= 0.3 is 12.1 Å². The lowest BCUT2D eigenvalue weighted by atomic mass is 9.97. The topological polar surface area (TPSA) is 105 Å². The summed E-state index contributed by atoms with van der Waals surface area (Å²) >= 11 is 0. The number of fused-ring (bicyclic) bond motifs is 3. The fourth-order valence-corrected chi connectivity index (χ4v) is 5.07. The van der Waals surface area contributed by atoms with Gasteiger partial charge in [0.1, 0.15) is 18.7 Å². The van der Waals surface area contributed by atoms with Crippen molar-refractivity contribution in [2.24, 2.45) is 5.92 Å². The van der Waals surface area contributed by atoms with Gasteiger partial charge in [-0.05, 0) is 28.2 Å². The van der Waals surface area contributed by atoms with Gasteiger partial charge in [-0.15, -0.1) is 0 Å². The maximum atomic E-state index is 13.4. The van der Waals surface area contributed by atoms with Gasteiger partial charge in [-0.25, -0.2) is 9.59 Å². The van der Waals surface area contributed by atoms with Gasteiger partial charge in [0.15, 0.2) is 0 Å². The minimum absolute atomic E-state index is 0.0941. The highest BCUT2D eigenvalue weighted by atomic mass is 16.5. The molecule has 4 unspecified atom stereocenters. The van der Waals surface area contributed by atoms with E-state index in [1.807, 2.05) is 50.2 Å². The van der Waals surface area contributed by atoms with Crippen LogP contribution in [-0.4, -0.2) is 66.4 Å². The van der Waals surface area contributed by atoms with E-state index in [-0.39, 0.29) is 37.5 Å². The van der Waals surface area contributed by atoms with Gasteiger partial charge in [0.05, 0.1) is 6.10 Å². The van der Waals surface area contributed by atoms with Gasteiger partial charge in [0, 0.05) is 26.0 Å². The summed E-state index contributed by atoms with van der Waals surface area (Å²) in [4.78, 5) is 39.3. The normalized spacial score (nSPS) is 20.6. The average Bonchev–Trinajstić information content (AvgIpc) is 3.45. The van der Waals surface area contributed by atoms with Crippen LogP contribution >= 0.6 is 0 Å². The number of carbonyl (C=O) groups is 3. The van der Waals surface area contributed by atoms with E-state index < -0.39 is 30.1 Å². The second kappa shape index (κ2) is 10.5. The van der Waals surface area contributed by atoms with Crippen LogP contribution in [0.1, 0.15) is 43.7 Å². The fourth-order valence-electron chi connectivity index (χ4n) is 5.07. The Balaban J connectivity index is 1.46. The van der Waals surface area contributed by atoms with Gasteiger partial charge in [-0.3, -0.25) is 4.79 Å². The molecule has 0 spiro atoms. The summed E-state index contributed by atoms with van der Waals surface area (Å²) in [6, 6.07) is 14.3. The van der Waals surface area contributed by atoms with Crippen LogP contribution < -0.4 is 5.32 Å². The first-order valence-corrected chi connectivity index (χ1v) is 12.0. The number of alkyl carbamates (subject to hydrolysis) is 1. The van der Waals surface area contributed by atoms with Crippen LogP contribution in [0.2, 0.25) is 0 Å². The number of nitrogens with one attached hydrogen (secondary N) is 1. The molecule has 4 atom stereocenters. The Bertz CT molecular complexity index is 1060. The van der Waals surface area contributed by atoms with E-state index in [0.717, 1.165) is 22.3 Å². The lowest BCUT2D eigenvalue weighted by Gasteiger charge is -2.30. The van der Waals surface area contributed by atoms with Crippen LogP contribution in [0.15, 0.2) is 48.5 Å². The van der Waals surface area contributed by atoms with Crippen molar-refractivity contribution in [2.75, 3.05) is 20.3 Å². The molecule has 0 aromatic heterocycles. The molecule has 0 saturated carbocycles. The fraction of sp³-hybridized carbons (Fsp3) is 0.444. The molecule has 186 valence electrons. The van der Waals surface area contributed by atoms with E-state index >= 15 is 0 Å². The van der Waals surface area contributed by atoms with Crippen molar-refractivity contribution in [2.45, 2.75) is 50.8 Å². The summed E-state index contributed by atoms with van der Waals surface area (Å²) in [6.45, 7) is 4.08. The standard InChI is InChI=1S/C27H32N2O6/c1-4-16(2)24(25(30)29-14-17(34-3)13-23(29)26(31)32)28-27(33)35-15-22-20-11-7-5-9-18(20)19-10-6-8-12-21(19)22/h5-12,16-17,22-24H,4,13-15H2,1-3H3,(H,28,33)(H,31,32). The molecular weight excluding hydrogens is 448 g/mol. The molecule has 1 aliphatic heterocycles. The number of hydrogen-bond donors (Lipinski definition) is 2. The summed E-state index contributed by atoms with van der Waals surface area (Å²) in [5.41, 5.74) is 4.46. The molecule has 8 nitrogen and oxygen atoms in total. The van der Waals surface area contributed by atoms with Gasteiger partial charge in [0.2, 0.25) is 5.91 Å². The first-order chi connectivity index (χ1) is 16.8. The molecule has 0 radical (unpaired) electrons. The lowest BCUT2D eigenvalue weighted by molar-refractivity contribution is -0.149. The molecule has 2 aromatic rings. The predicted molar refractivity (Wildman–Crippen MR) is 130 cm³/mol. The molecule has 2 aromatic carbocycles. The van der Waals surface area contributed by atoms with E-state index in [9.17, 15) is 19.5 Å². The molecule has 2 aliphatic rings. The highest BCUT2D eigenvalue weighted by Crippen LogP contribution is 2.44. The van der Waals surface area contributed by atoms with Gasteiger partial charge in [0.25, 0.3) is 0 Å². The number of benzene rings is 2. The summed E-state index contributed by atoms with van der Waals surface area (Å²) in [7, 11) is 1.50. The number of hydrogen-bond acceptors (Lipinski definition) is 5. The zero-order valence-corrected chi connectivity index (χ0v) is 20.3. The van der Waals surface area contributed by atoms with Crippen molar-refractivity contribution < 1.29 is 29.0 Å². The third kappa shape index (κ3) is 4.89. The molecule has 8 heteroatoms. The SMILES string of the molecule is CCC(C)C(NC(=O)OCC1c2ccccc2-c2ccccc21)C(=O)N1CC(OC)CC1C(=O)O. The number of amides is 2. The molecule has 1 aliphatic carbocycles. The van der Waals surface area contributed by atoms with Gasteiger partial charge < -0.3 is 24.8 Å². The van der Waals surface area contributed by atoms with Gasteiger partial charge in [-0.1, -0.05) is 68.8 Å². The minimum atomic E-state index is -1.08. The van der Waals surface area contributed by atoms with Crippen LogP contribution in [-0.2, 0) is 19.1 Å². The Morgan fingerprint density at radius 2 is 1.69 bits per heavy atom. The zero-order chi connectivity index (χ0) is 25.1. The molecule has 0 bridgehead atoms. The Morgan fingerprint density at radius 1 is 1.09 bits per heavy atom. The molecule has 4 rings (SSSR count). The molecular formula is C27H32N2O6. The smallest absolute Gasteiger partial charge is 0.407 e. The number of ether oxygens (including phenoxy) is 2. The van der Waals surface area contributed by atoms with E-state index in [1.54, 1.807) is 0 Å². The van der Waals surface area contributed by atoms with Crippen LogP contribution in [0.3, 0.4) is 0 Å². The maximum Gasteiger partial charge on any atom is 0.407 e. The molecule has 2 amide bonds. The quantitative estimate of drug-likeness (QED) is 0.598. The maximum absolute atomic E-state index is 13.4. The summed E-state index contributed by atoms with van der Waals surface area (Å²) in [5, 5.41) is 12.3. The molecule has 1 heterocycles. The van der Waals surface area contributed by atoms with E-state index in [4.69, 9.17) is 9.47 Å². The molecule has 2 N–H and O–H groups in total. The summed E-state index contributed by atoms with van der Waals surface area (Å²) < 4.78 is 10.9. The molecule has 1 fully saturated rings. The van der Waals surface area contributed by atoms with Gasteiger partial charge in [-0.2, -0.15) is 0 Å². The lowest BCUT2D eigenvalue weighted by Crippen LogP contribution is -2.54. The Hall–Kier alpha value is -3.39. The minimum Gasteiger partial charge on any atom is -0.480 e. The number of carboxylic acids is 1. The monoisotopic (exact) mass is 480 g/mol. The summed E-state index contributed by atoms with van der Waals surface area (Å²) in [5.74, 6) is -1.82. The Kier molecular flexibility index (Phi) is 7.40. The van der Waals surface area contributed by atoms with E-state index in [0.29, 0.717) is 6.42 Å². The van der Waals surface area contributed by atoms with Crippen LogP contribution in [0, 0.1) is 5.92 Å². The number of rotatable bonds is 8. The van der Waals surface area contributed by atoms with Crippen molar-refractivity contribution in [3.63, 3.8) is 0 Å². The highest BCUT2D eigenvalue weighted by Gasteiger charge is 2.43. The van der Waals surface area contributed by atoms with Crippen LogP contribution in [0.5, 0.6) is 0 Å². The molecule has 1 saturated heterocycles.